The minimum absolute atomic E-state index is 0.0408. The van der Waals surface area contributed by atoms with Crippen LogP contribution in [0, 0.1) is 20.8 Å². The molecule has 3 heteroatoms. The summed E-state index contributed by atoms with van der Waals surface area (Å²) in [5.74, 6) is 0.0800. The molecule has 0 aromatic heterocycles. The van der Waals surface area contributed by atoms with Crippen molar-refractivity contribution in [2.75, 3.05) is 5.33 Å². The zero-order valence-corrected chi connectivity index (χ0v) is 13.6. The lowest BCUT2D eigenvalue weighted by molar-refractivity contribution is 0.0909. The third-order valence-electron chi connectivity index (χ3n) is 4.10. The smallest absolute Gasteiger partial charge is 0.252 e. The second-order valence-electron chi connectivity index (χ2n) is 5.85. The summed E-state index contributed by atoms with van der Waals surface area (Å²) in [5, 5.41) is 4.12. The average Bonchev–Trinajstić information content (AvgIpc) is 2.76. The molecule has 0 saturated heterocycles. The molecule has 0 atom stereocenters. The van der Waals surface area contributed by atoms with Crippen LogP contribution >= 0.6 is 15.9 Å². The van der Waals surface area contributed by atoms with E-state index in [4.69, 9.17) is 0 Å². The number of amides is 1. The van der Waals surface area contributed by atoms with Crippen LogP contribution in [0.4, 0.5) is 0 Å². The van der Waals surface area contributed by atoms with Crippen LogP contribution in [0.15, 0.2) is 12.1 Å². The Morgan fingerprint density at radius 2 is 1.74 bits per heavy atom. The molecule has 1 aliphatic carbocycles. The summed E-state index contributed by atoms with van der Waals surface area (Å²) in [4.78, 5) is 12.6. The van der Waals surface area contributed by atoms with Gasteiger partial charge in [-0.25, -0.2) is 0 Å². The molecular weight excluding hydrogens is 302 g/mol. The van der Waals surface area contributed by atoms with Crippen molar-refractivity contribution in [3.8, 4) is 0 Å². The normalized spacial score (nSPS) is 17.5. The van der Waals surface area contributed by atoms with Gasteiger partial charge in [0.1, 0.15) is 0 Å². The summed E-state index contributed by atoms with van der Waals surface area (Å²) in [6.07, 6.45) is 4.57. The van der Waals surface area contributed by atoms with Crippen LogP contribution in [0.3, 0.4) is 0 Å². The first-order chi connectivity index (χ1) is 8.97. The molecule has 0 unspecified atom stereocenters. The highest BCUT2D eigenvalue weighted by Crippen LogP contribution is 2.32. The molecule has 0 aliphatic heterocycles. The number of rotatable bonds is 3. The van der Waals surface area contributed by atoms with Gasteiger partial charge in [-0.1, -0.05) is 46.5 Å². The van der Waals surface area contributed by atoms with Gasteiger partial charge in [-0.15, -0.1) is 0 Å². The number of nitrogens with one attached hydrogen (secondary N) is 1. The highest BCUT2D eigenvalue weighted by molar-refractivity contribution is 9.09. The van der Waals surface area contributed by atoms with Gasteiger partial charge in [-0.2, -0.15) is 0 Å². The second-order valence-corrected chi connectivity index (χ2v) is 6.41. The number of halogens is 1. The minimum atomic E-state index is -0.0408. The van der Waals surface area contributed by atoms with Gasteiger partial charge in [0, 0.05) is 10.9 Å². The maximum absolute atomic E-state index is 12.6. The summed E-state index contributed by atoms with van der Waals surface area (Å²) in [5.41, 5.74) is 4.15. The third kappa shape index (κ3) is 3.02. The number of carbonyl (C=O) groups excluding carboxylic acids is 1. The fourth-order valence-electron chi connectivity index (χ4n) is 3.19. The SMILES string of the molecule is Cc1cc(C)c(C(=O)NC2(CBr)CCCC2)c(C)c1. The Hall–Kier alpha value is -0.830. The number of hydrogen-bond donors (Lipinski definition) is 1. The predicted octanol–water partition coefficient (Wildman–Crippen LogP) is 4.05. The van der Waals surface area contributed by atoms with E-state index >= 15 is 0 Å². The molecule has 19 heavy (non-hydrogen) atoms. The van der Waals surface area contributed by atoms with Crippen LogP contribution in [0.25, 0.3) is 0 Å². The topological polar surface area (TPSA) is 29.1 Å². The summed E-state index contributed by atoms with van der Waals surface area (Å²) in [6.45, 7) is 6.10. The van der Waals surface area contributed by atoms with Crippen molar-refractivity contribution < 1.29 is 4.79 Å². The van der Waals surface area contributed by atoms with Crippen LogP contribution in [-0.2, 0) is 0 Å². The molecule has 0 radical (unpaired) electrons. The molecule has 1 aromatic rings. The van der Waals surface area contributed by atoms with Crippen LogP contribution in [0.5, 0.6) is 0 Å². The van der Waals surface area contributed by atoms with E-state index in [1.54, 1.807) is 0 Å². The number of aryl methyl sites for hydroxylation is 3. The fraction of sp³-hybridized carbons (Fsp3) is 0.562. The molecule has 1 saturated carbocycles. The van der Waals surface area contributed by atoms with Crippen molar-refractivity contribution in [1.82, 2.24) is 5.32 Å². The zero-order chi connectivity index (χ0) is 14.0. The number of carbonyl (C=O) groups is 1. The Morgan fingerprint density at radius 1 is 1.21 bits per heavy atom. The molecule has 1 aromatic carbocycles. The Bertz CT molecular complexity index is 467. The van der Waals surface area contributed by atoms with Gasteiger partial charge in [0.25, 0.3) is 5.91 Å². The summed E-state index contributed by atoms with van der Waals surface area (Å²) in [6, 6.07) is 4.16. The van der Waals surface area contributed by atoms with E-state index in [1.165, 1.54) is 18.4 Å². The van der Waals surface area contributed by atoms with Crippen LogP contribution < -0.4 is 5.32 Å². The van der Waals surface area contributed by atoms with Crippen LogP contribution in [0.1, 0.15) is 52.7 Å². The van der Waals surface area contributed by atoms with Crippen molar-refractivity contribution in [2.45, 2.75) is 52.0 Å². The van der Waals surface area contributed by atoms with E-state index in [9.17, 15) is 4.79 Å². The van der Waals surface area contributed by atoms with E-state index < -0.39 is 0 Å². The largest absolute Gasteiger partial charge is 0.346 e. The van der Waals surface area contributed by atoms with Crippen LogP contribution in [0.2, 0.25) is 0 Å². The number of benzene rings is 1. The molecular formula is C16H22BrNO. The molecule has 1 aliphatic rings. The molecule has 0 bridgehead atoms. The van der Waals surface area contributed by atoms with Gasteiger partial charge in [0.05, 0.1) is 5.54 Å². The second kappa shape index (κ2) is 5.66. The van der Waals surface area contributed by atoms with Crippen molar-refractivity contribution in [3.05, 3.63) is 34.4 Å². The van der Waals surface area contributed by atoms with Gasteiger partial charge < -0.3 is 5.32 Å². The standard InChI is InChI=1S/C16H22BrNO/c1-11-8-12(2)14(13(3)9-11)15(19)18-16(10-17)6-4-5-7-16/h8-9H,4-7,10H2,1-3H3,(H,18,19). The van der Waals surface area contributed by atoms with E-state index in [0.717, 1.165) is 34.9 Å². The lowest BCUT2D eigenvalue weighted by atomic mass is 9.96. The Morgan fingerprint density at radius 3 is 2.21 bits per heavy atom. The first-order valence-corrected chi connectivity index (χ1v) is 8.06. The van der Waals surface area contributed by atoms with E-state index in [0.29, 0.717) is 0 Å². The fourth-order valence-corrected chi connectivity index (χ4v) is 3.89. The van der Waals surface area contributed by atoms with Gasteiger partial charge in [0.15, 0.2) is 0 Å². The third-order valence-corrected chi connectivity index (χ3v) is 5.17. The minimum Gasteiger partial charge on any atom is -0.346 e. The quantitative estimate of drug-likeness (QED) is 0.835. The molecule has 1 N–H and O–H groups in total. The first kappa shape index (κ1) is 14.6. The van der Waals surface area contributed by atoms with Crippen molar-refractivity contribution in [3.63, 3.8) is 0 Å². The van der Waals surface area contributed by atoms with E-state index in [2.05, 4.69) is 40.3 Å². The van der Waals surface area contributed by atoms with E-state index in [1.807, 2.05) is 13.8 Å². The molecule has 104 valence electrons. The zero-order valence-electron chi connectivity index (χ0n) is 12.0. The monoisotopic (exact) mass is 323 g/mol. The van der Waals surface area contributed by atoms with Crippen molar-refractivity contribution >= 4 is 21.8 Å². The molecule has 2 rings (SSSR count). The Labute approximate surface area is 124 Å². The van der Waals surface area contributed by atoms with Gasteiger partial charge in [0.2, 0.25) is 0 Å². The molecule has 2 nitrogen and oxygen atoms in total. The predicted molar refractivity (Wildman–Crippen MR) is 83.1 cm³/mol. The molecule has 1 fully saturated rings. The average molecular weight is 324 g/mol. The summed E-state index contributed by atoms with van der Waals surface area (Å²) in [7, 11) is 0. The first-order valence-electron chi connectivity index (χ1n) is 6.94. The summed E-state index contributed by atoms with van der Waals surface area (Å²) < 4.78 is 0. The maximum atomic E-state index is 12.6. The Balaban J connectivity index is 2.25. The highest BCUT2D eigenvalue weighted by atomic mass is 79.9. The number of hydrogen-bond acceptors (Lipinski definition) is 1. The van der Waals surface area contributed by atoms with Crippen LogP contribution in [-0.4, -0.2) is 16.8 Å². The maximum Gasteiger partial charge on any atom is 0.252 e. The van der Waals surface area contributed by atoms with Gasteiger partial charge >= 0.3 is 0 Å². The van der Waals surface area contributed by atoms with Gasteiger partial charge in [-0.3, -0.25) is 4.79 Å². The lowest BCUT2D eigenvalue weighted by Gasteiger charge is -2.29. The summed E-state index contributed by atoms with van der Waals surface area (Å²) >= 11 is 3.57. The van der Waals surface area contributed by atoms with Crippen molar-refractivity contribution in [1.29, 1.82) is 0 Å². The Kier molecular flexibility index (Phi) is 4.34. The van der Waals surface area contributed by atoms with Gasteiger partial charge in [-0.05, 0) is 44.7 Å². The molecule has 1 amide bonds. The molecule has 0 spiro atoms. The van der Waals surface area contributed by atoms with Crippen molar-refractivity contribution in [2.24, 2.45) is 0 Å². The number of alkyl halides is 1. The lowest BCUT2D eigenvalue weighted by Crippen LogP contribution is -2.48. The molecule has 0 heterocycles. The highest BCUT2D eigenvalue weighted by Gasteiger charge is 2.34. The van der Waals surface area contributed by atoms with E-state index in [-0.39, 0.29) is 11.4 Å².